The van der Waals surface area contributed by atoms with Gasteiger partial charge < -0.3 is 4.90 Å². The SMILES string of the molecule is Cc1cnn(C2CCN(CCN3CCCCCC3=O)C2)c1. The Kier molecular flexibility index (Phi) is 4.58. The molecule has 1 unspecified atom stereocenters. The second-order valence-electron chi connectivity index (χ2n) is 6.43. The van der Waals surface area contributed by atoms with E-state index in [9.17, 15) is 4.79 Å². The summed E-state index contributed by atoms with van der Waals surface area (Å²) in [7, 11) is 0. The molecule has 0 radical (unpaired) electrons. The number of hydrogen-bond donors (Lipinski definition) is 0. The molecule has 21 heavy (non-hydrogen) atoms. The molecule has 0 aliphatic carbocycles. The molecule has 0 spiro atoms. The van der Waals surface area contributed by atoms with Crippen molar-refractivity contribution in [2.24, 2.45) is 0 Å². The van der Waals surface area contributed by atoms with E-state index >= 15 is 0 Å². The molecule has 2 saturated heterocycles. The Balaban J connectivity index is 1.47. The fourth-order valence-electron chi connectivity index (χ4n) is 3.40. The van der Waals surface area contributed by atoms with Crippen LogP contribution in [0.15, 0.2) is 12.4 Å². The summed E-state index contributed by atoms with van der Waals surface area (Å²) in [6.07, 6.45) is 9.41. The summed E-state index contributed by atoms with van der Waals surface area (Å²) in [5.74, 6) is 0.353. The molecule has 116 valence electrons. The van der Waals surface area contributed by atoms with Crippen LogP contribution in [0, 0.1) is 6.92 Å². The summed E-state index contributed by atoms with van der Waals surface area (Å²) in [5.41, 5.74) is 1.23. The number of carbonyl (C=O) groups is 1. The predicted octanol–water partition coefficient (Wildman–Crippen LogP) is 1.84. The van der Waals surface area contributed by atoms with Crippen LogP contribution in [-0.2, 0) is 4.79 Å². The maximum atomic E-state index is 12.0. The first-order valence-corrected chi connectivity index (χ1v) is 8.23. The lowest BCUT2D eigenvalue weighted by Gasteiger charge is -2.24. The Morgan fingerprint density at radius 1 is 1.24 bits per heavy atom. The van der Waals surface area contributed by atoms with Crippen molar-refractivity contribution < 1.29 is 4.79 Å². The maximum absolute atomic E-state index is 12.0. The van der Waals surface area contributed by atoms with E-state index in [1.54, 1.807) is 0 Å². The molecule has 2 aliphatic heterocycles. The van der Waals surface area contributed by atoms with Gasteiger partial charge in [0, 0.05) is 45.3 Å². The van der Waals surface area contributed by atoms with Crippen molar-refractivity contribution in [3.8, 4) is 0 Å². The van der Waals surface area contributed by atoms with Crippen molar-refractivity contribution in [2.45, 2.75) is 45.1 Å². The van der Waals surface area contributed by atoms with Crippen molar-refractivity contribution in [3.05, 3.63) is 18.0 Å². The molecule has 3 rings (SSSR count). The normalized spacial score (nSPS) is 24.5. The number of amides is 1. The van der Waals surface area contributed by atoms with Crippen LogP contribution in [0.1, 0.15) is 43.7 Å². The van der Waals surface area contributed by atoms with Gasteiger partial charge in [0.15, 0.2) is 0 Å². The quantitative estimate of drug-likeness (QED) is 0.849. The molecule has 5 heteroatoms. The van der Waals surface area contributed by atoms with Crippen molar-refractivity contribution in [2.75, 3.05) is 32.7 Å². The van der Waals surface area contributed by atoms with Gasteiger partial charge in [-0.25, -0.2) is 0 Å². The Hall–Kier alpha value is -1.36. The van der Waals surface area contributed by atoms with E-state index < -0.39 is 0 Å². The largest absolute Gasteiger partial charge is 0.341 e. The summed E-state index contributed by atoms with van der Waals surface area (Å²) < 4.78 is 2.10. The minimum atomic E-state index is 0.353. The number of aromatic nitrogens is 2. The third kappa shape index (κ3) is 3.64. The van der Waals surface area contributed by atoms with Crippen LogP contribution in [0.5, 0.6) is 0 Å². The zero-order valence-electron chi connectivity index (χ0n) is 13.0. The molecule has 1 aromatic heterocycles. The molecule has 0 aromatic carbocycles. The van der Waals surface area contributed by atoms with Crippen molar-refractivity contribution in [1.29, 1.82) is 0 Å². The number of likely N-dealkylation sites (tertiary alicyclic amines) is 2. The smallest absolute Gasteiger partial charge is 0.222 e. The Bertz CT molecular complexity index is 484. The highest BCUT2D eigenvalue weighted by molar-refractivity contribution is 5.76. The minimum absolute atomic E-state index is 0.353. The number of hydrogen-bond acceptors (Lipinski definition) is 3. The number of carbonyl (C=O) groups excluding carboxylic acids is 1. The summed E-state index contributed by atoms with van der Waals surface area (Å²) >= 11 is 0. The van der Waals surface area contributed by atoms with Crippen LogP contribution in [0.3, 0.4) is 0 Å². The maximum Gasteiger partial charge on any atom is 0.222 e. The molecule has 1 amide bonds. The molecule has 1 atom stereocenters. The molecule has 0 bridgehead atoms. The van der Waals surface area contributed by atoms with Crippen LogP contribution in [0.2, 0.25) is 0 Å². The lowest BCUT2D eigenvalue weighted by Crippen LogP contribution is -2.37. The third-order valence-electron chi connectivity index (χ3n) is 4.71. The molecule has 1 aromatic rings. The average Bonchev–Trinajstić information content (AvgIpc) is 3.05. The summed E-state index contributed by atoms with van der Waals surface area (Å²) in [5, 5.41) is 4.43. The van der Waals surface area contributed by atoms with Crippen molar-refractivity contribution in [3.63, 3.8) is 0 Å². The van der Waals surface area contributed by atoms with Gasteiger partial charge >= 0.3 is 0 Å². The Labute approximate surface area is 126 Å². The van der Waals surface area contributed by atoms with Gasteiger partial charge in [0.25, 0.3) is 0 Å². The highest BCUT2D eigenvalue weighted by atomic mass is 16.2. The number of rotatable bonds is 4. The molecule has 3 heterocycles. The lowest BCUT2D eigenvalue weighted by atomic mass is 10.2. The lowest BCUT2D eigenvalue weighted by molar-refractivity contribution is -0.130. The van der Waals surface area contributed by atoms with Crippen LogP contribution >= 0.6 is 0 Å². The summed E-state index contributed by atoms with van der Waals surface area (Å²) in [6, 6.07) is 0.499. The first-order valence-electron chi connectivity index (χ1n) is 8.23. The van der Waals surface area contributed by atoms with Crippen LogP contribution < -0.4 is 0 Å². The van der Waals surface area contributed by atoms with Gasteiger partial charge in [0.1, 0.15) is 0 Å². The monoisotopic (exact) mass is 290 g/mol. The third-order valence-corrected chi connectivity index (χ3v) is 4.71. The van der Waals surface area contributed by atoms with Gasteiger partial charge in [-0.3, -0.25) is 14.4 Å². The van der Waals surface area contributed by atoms with Crippen LogP contribution in [0.4, 0.5) is 0 Å². The van der Waals surface area contributed by atoms with E-state index in [0.29, 0.717) is 11.9 Å². The van der Waals surface area contributed by atoms with Crippen LogP contribution in [0.25, 0.3) is 0 Å². The van der Waals surface area contributed by atoms with E-state index in [-0.39, 0.29) is 0 Å². The van der Waals surface area contributed by atoms with Gasteiger partial charge in [-0.15, -0.1) is 0 Å². The number of aryl methyl sites for hydroxylation is 1. The first kappa shape index (κ1) is 14.6. The van der Waals surface area contributed by atoms with Gasteiger partial charge in [0.05, 0.1) is 12.2 Å². The molecule has 0 N–H and O–H groups in total. The highest BCUT2D eigenvalue weighted by Gasteiger charge is 2.25. The fourth-order valence-corrected chi connectivity index (χ4v) is 3.40. The van der Waals surface area contributed by atoms with Crippen LogP contribution in [-0.4, -0.2) is 58.2 Å². The summed E-state index contributed by atoms with van der Waals surface area (Å²) in [4.78, 5) is 16.5. The zero-order chi connectivity index (χ0) is 14.7. The second-order valence-corrected chi connectivity index (χ2v) is 6.43. The molecule has 2 fully saturated rings. The van der Waals surface area contributed by atoms with E-state index in [4.69, 9.17) is 0 Å². The van der Waals surface area contributed by atoms with Crippen molar-refractivity contribution >= 4 is 5.91 Å². The topological polar surface area (TPSA) is 41.4 Å². The molecule has 2 aliphatic rings. The molecule has 5 nitrogen and oxygen atoms in total. The summed E-state index contributed by atoms with van der Waals surface area (Å²) in [6.45, 7) is 7.11. The van der Waals surface area contributed by atoms with Gasteiger partial charge in [-0.05, 0) is 31.7 Å². The minimum Gasteiger partial charge on any atom is -0.341 e. The molecule has 0 saturated carbocycles. The fraction of sp³-hybridized carbons (Fsp3) is 0.750. The first-order chi connectivity index (χ1) is 10.2. The molecular formula is C16H26N4O. The standard InChI is InChI=1S/C16H26N4O/c1-14-11-17-20(12-14)15-6-8-18(13-15)9-10-19-7-4-2-3-5-16(19)21/h11-12,15H,2-10,13H2,1H3. The zero-order valence-corrected chi connectivity index (χ0v) is 13.0. The van der Waals surface area contributed by atoms with Gasteiger partial charge in [-0.1, -0.05) is 6.42 Å². The van der Waals surface area contributed by atoms with E-state index in [1.165, 1.54) is 18.4 Å². The van der Waals surface area contributed by atoms with E-state index in [2.05, 4.69) is 32.7 Å². The van der Waals surface area contributed by atoms with Gasteiger partial charge in [0.2, 0.25) is 5.91 Å². The number of nitrogens with zero attached hydrogens (tertiary/aromatic N) is 4. The predicted molar refractivity (Wildman–Crippen MR) is 82.1 cm³/mol. The molecular weight excluding hydrogens is 264 g/mol. The Morgan fingerprint density at radius 2 is 2.14 bits per heavy atom. The highest BCUT2D eigenvalue weighted by Crippen LogP contribution is 2.21. The second kappa shape index (κ2) is 6.60. The Morgan fingerprint density at radius 3 is 2.95 bits per heavy atom. The van der Waals surface area contributed by atoms with E-state index in [1.807, 2.05) is 6.20 Å². The van der Waals surface area contributed by atoms with Gasteiger partial charge in [-0.2, -0.15) is 5.10 Å². The van der Waals surface area contributed by atoms with E-state index in [0.717, 1.165) is 52.0 Å². The van der Waals surface area contributed by atoms with Crippen molar-refractivity contribution in [1.82, 2.24) is 19.6 Å². The average molecular weight is 290 g/mol.